The predicted molar refractivity (Wildman–Crippen MR) is 160 cm³/mol. The van der Waals surface area contributed by atoms with E-state index < -0.39 is 91.6 Å². The summed E-state index contributed by atoms with van der Waals surface area (Å²) in [6.45, 7) is 10.2. The smallest absolute Gasteiger partial charge is 0.408 e. The van der Waals surface area contributed by atoms with Gasteiger partial charge in [0.05, 0.1) is 6.61 Å². The van der Waals surface area contributed by atoms with Gasteiger partial charge in [0.15, 0.2) is 24.5 Å². The van der Waals surface area contributed by atoms with Crippen molar-refractivity contribution in [2.75, 3.05) is 19.8 Å². The lowest BCUT2D eigenvalue weighted by molar-refractivity contribution is -0.278. The summed E-state index contributed by atoms with van der Waals surface area (Å²) in [5, 5.41) is 4.85. The highest BCUT2D eigenvalue weighted by molar-refractivity contribution is 5.81. The van der Waals surface area contributed by atoms with E-state index in [4.69, 9.17) is 37.9 Å². The number of esters is 4. The minimum atomic E-state index is -1.57. The molecule has 2 rings (SSSR count). The number of hydrogen-bond donors (Lipinski definition) is 2. The molecule has 1 aromatic carbocycles. The normalized spacial score (nSPS) is 21.2. The Balaban J connectivity index is 2.41. The van der Waals surface area contributed by atoms with Crippen molar-refractivity contribution in [3.8, 4) is 0 Å². The third kappa shape index (κ3) is 14.1. The molecule has 0 aliphatic carbocycles. The van der Waals surface area contributed by atoms with Crippen LogP contribution in [-0.2, 0) is 63.7 Å². The van der Waals surface area contributed by atoms with E-state index in [0.29, 0.717) is 5.56 Å². The van der Waals surface area contributed by atoms with Crippen LogP contribution in [0.15, 0.2) is 43.0 Å². The van der Waals surface area contributed by atoms with Gasteiger partial charge in [0.2, 0.25) is 0 Å². The van der Waals surface area contributed by atoms with Crippen LogP contribution >= 0.6 is 0 Å². The zero-order valence-electron chi connectivity index (χ0n) is 27.2. The van der Waals surface area contributed by atoms with E-state index >= 15 is 0 Å². The lowest BCUT2D eigenvalue weighted by atomic mass is 9.96. The molecule has 1 heterocycles. The van der Waals surface area contributed by atoms with Crippen molar-refractivity contribution in [1.82, 2.24) is 10.6 Å². The van der Waals surface area contributed by atoms with Crippen LogP contribution in [0.3, 0.4) is 0 Å². The Kier molecular flexibility index (Phi) is 15.1. The Morgan fingerprint density at radius 2 is 1.53 bits per heavy atom. The van der Waals surface area contributed by atoms with E-state index in [1.165, 1.54) is 6.08 Å². The summed E-state index contributed by atoms with van der Waals surface area (Å²) in [5.41, 5.74) is -0.267. The quantitative estimate of drug-likeness (QED) is 0.166. The van der Waals surface area contributed by atoms with Crippen LogP contribution < -0.4 is 10.6 Å². The first kappa shape index (κ1) is 38.5. The topological polar surface area (TPSA) is 200 Å². The van der Waals surface area contributed by atoms with Crippen molar-refractivity contribution < 1.29 is 66.7 Å². The second-order valence-corrected chi connectivity index (χ2v) is 11.2. The number of carbonyl (C=O) groups is 6. The average Bonchev–Trinajstić information content (AvgIpc) is 2.97. The minimum Gasteiger partial charge on any atom is -0.463 e. The van der Waals surface area contributed by atoms with Gasteiger partial charge < -0.3 is 48.5 Å². The zero-order valence-corrected chi connectivity index (χ0v) is 27.2. The van der Waals surface area contributed by atoms with E-state index in [2.05, 4.69) is 17.2 Å². The fourth-order valence-corrected chi connectivity index (χ4v) is 4.15. The highest BCUT2D eigenvalue weighted by atomic mass is 16.7. The Hall–Kier alpha value is -4.70. The first-order valence-electron chi connectivity index (χ1n) is 14.6. The summed E-state index contributed by atoms with van der Waals surface area (Å²) in [4.78, 5) is 74.4. The van der Waals surface area contributed by atoms with Crippen LogP contribution in [0.25, 0.3) is 0 Å². The van der Waals surface area contributed by atoms with E-state index in [0.717, 1.165) is 20.8 Å². The summed E-state index contributed by atoms with van der Waals surface area (Å²) < 4.78 is 43.5. The first-order chi connectivity index (χ1) is 22.1. The van der Waals surface area contributed by atoms with E-state index in [1.807, 2.05) is 0 Å². The molecule has 1 aliphatic heterocycles. The number of carbonyl (C=O) groups excluding carboxylic acids is 6. The minimum absolute atomic E-state index is 0.0987. The number of alkyl carbamates (subject to hydrolysis) is 2. The predicted octanol–water partition coefficient (Wildman–Crippen LogP) is 2.07. The van der Waals surface area contributed by atoms with Crippen molar-refractivity contribution >= 4 is 36.1 Å². The molecule has 1 saturated heterocycles. The van der Waals surface area contributed by atoms with Gasteiger partial charge in [-0.15, -0.1) is 0 Å². The van der Waals surface area contributed by atoms with E-state index in [9.17, 15) is 28.8 Å². The molecule has 2 N–H and O–H groups in total. The van der Waals surface area contributed by atoms with Gasteiger partial charge in [0.1, 0.15) is 37.6 Å². The summed E-state index contributed by atoms with van der Waals surface area (Å²) in [6.07, 6.45) is -6.43. The molecule has 16 nitrogen and oxygen atoms in total. The summed E-state index contributed by atoms with van der Waals surface area (Å²) in [5.74, 6) is -3.24. The van der Waals surface area contributed by atoms with Crippen molar-refractivity contribution in [2.45, 2.75) is 90.4 Å². The van der Waals surface area contributed by atoms with Crippen molar-refractivity contribution in [1.29, 1.82) is 0 Å². The van der Waals surface area contributed by atoms with Crippen LogP contribution in [0.1, 0.15) is 47.1 Å². The molecule has 0 aromatic heterocycles. The molecule has 260 valence electrons. The van der Waals surface area contributed by atoms with Gasteiger partial charge in [-0.3, -0.25) is 14.4 Å². The Labute approximate surface area is 272 Å². The van der Waals surface area contributed by atoms with E-state index in [1.54, 1.807) is 51.1 Å². The SMILES string of the molecule is C=CCOC(=O)N[C@H]1[C@@H](OC[C@H](NC(=O)OCc2ccccc2)C(=O)OC(C)(C)C)O[C@H](COC(C)=O)[C@@H](OC(C)=O)[C@@H]1OC(C)=O. The maximum atomic E-state index is 13.1. The van der Waals surface area contributed by atoms with Gasteiger partial charge in [0, 0.05) is 20.8 Å². The molecule has 16 heteroatoms. The van der Waals surface area contributed by atoms with Crippen LogP contribution in [0, 0.1) is 0 Å². The molecule has 0 spiro atoms. The van der Waals surface area contributed by atoms with Crippen molar-refractivity contribution in [3.05, 3.63) is 48.6 Å². The van der Waals surface area contributed by atoms with Crippen molar-refractivity contribution in [3.63, 3.8) is 0 Å². The molecule has 2 amide bonds. The molecule has 1 aromatic rings. The van der Waals surface area contributed by atoms with Crippen LogP contribution in [-0.4, -0.2) is 98.2 Å². The molecule has 1 aliphatic rings. The third-order valence-electron chi connectivity index (χ3n) is 5.94. The second-order valence-electron chi connectivity index (χ2n) is 11.2. The monoisotopic (exact) mass is 666 g/mol. The molecule has 0 radical (unpaired) electrons. The molecule has 47 heavy (non-hydrogen) atoms. The molecule has 1 fully saturated rings. The van der Waals surface area contributed by atoms with Crippen molar-refractivity contribution in [2.24, 2.45) is 0 Å². The van der Waals surface area contributed by atoms with Gasteiger partial charge in [-0.2, -0.15) is 0 Å². The first-order valence-corrected chi connectivity index (χ1v) is 14.6. The fourth-order valence-electron chi connectivity index (χ4n) is 4.15. The van der Waals surface area contributed by atoms with Crippen LogP contribution in [0.4, 0.5) is 9.59 Å². The van der Waals surface area contributed by atoms with Gasteiger partial charge in [-0.05, 0) is 26.3 Å². The standard InChI is InChI=1S/C31H42N2O14/c1-8-14-40-30(39)33-24-26(45-20(4)36)25(44-19(3)35)23(17-41-18(2)34)46-28(24)42-16-22(27(37)47-31(5,6)7)32-29(38)43-15-21-12-10-9-11-13-21/h8-13,22-26,28H,1,14-17H2,2-7H3,(H,32,38)(H,33,39)/t22-,23+,24+,25+,26+,28-/m0/s1. The molecular formula is C31H42N2O14. The number of nitrogens with one attached hydrogen (secondary N) is 2. The number of benzene rings is 1. The number of amides is 2. The highest BCUT2D eigenvalue weighted by Gasteiger charge is 2.52. The Bertz CT molecular complexity index is 1250. The van der Waals surface area contributed by atoms with Gasteiger partial charge >= 0.3 is 36.1 Å². The van der Waals surface area contributed by atoms with Gasteiger partial charge in [0.25, 0.3) is 0 Å². The number of hydrogen-bond acceptors (Lipinski definition) is 14. The lowest BCUT2D eigenvalue weighted by Gasteiger charge is -2.45. The largest absolute Gasteiger partial charge is 0.463 e. The Morgan fingerprint density at radius 3 is 2.11 bits per heavy atom. The van der Waals surface area contributed by atoms with Crippen LogP contribution in [0.5, 0.6) is 0 Å². The zero-order chi connectivity index (χ0) is 35.1. The molecule has 6 atom stereocenters. The van der Waals surface area contributed by atoms with Crippen LogP contribution in [0.2, 0.25) is 0 Å². The maximum Gasteiger partial charge on any atom is 0.408 e. The second kappa shape index (κ2) is 18.4. The number of rotatable bonds is 14. The summed E-state index contributed by atoms with van der Waals surface area (Å²) in [6, 6.07) is 5.90. The lowest BCUT2D eigenvalue weighted by Crippen LogP contribution is -2.67. The fraction of sp³-hybridized carbons (Fsp3) is 0.548. The average molecular weight is 667 g/mol. The molecular weight excluding hydrogens is 624 g/mol. The maximum absolute atomic E-state index is 13.1. The van der Waals surface area contributed by atoms with E-state index in [-0.39, 0.29) is 13.2 Å². The number of ether oxygens (including phenoxy) is 8. The highest BCUT2D eigenvalue weighted by Crippen LogP contribution is 2.28. The Morgan fingerprint density at radius 1 is 0.894 bits per heavy atom. The summed E-state index contributed by atoms with van der Waals surface area (Å²) >= 11 is 0. The summed E-state index contributed by atoms with van der Waals surface area (Å²) in [7, 11) is 0. The molecule has 0 saturated carbocycles. The third-order valence-corrected chi connectivity index (χ3v) is 5.94. The van der Waals surface area contributed by atoms with Gasteiger partial charge in [-0.1, -0.05) is 43.0 Å². The molecule has 0 bridgehead atoms. The molecule has 0 unspecified atom stereocenters. The van der Waals surface area contributed by atoms with Gasteiger partial charge in [-0.25, -0.2) is 14.4 Å².